The van der Waals surface area contributed by atoms with Gasteiger partial charge in [-0.05, 0) is 44.4 Å². The van der Waals surface area contributed by atoms with Crippen molar-refractivity contribution < 1.29 is 5.11 Å². The van der Waals surface area contributed by atoms with Crippen molar-refractivity contribution in [1.82, 2.24) is 5.32 Å². The Kier molecular flexibility index (Phi) is 5.50. The Bertz CT molecular complexity index is 292. The predicted molar refractivity (Wildman–Crippen MR) is 68.5 cm³/mol. The zero-order valence-corrected chi connectivity index (χ0v) is 10.5. The van der Waals surface area contributed by atoms with E-state index in [9.17, 15) is 0 Å². The smallest absolute Gasteiger partial charge is 0.0524 e. The largest absolute Gasteiger partial charge is 0.393 e. The maximum Gasteiger partial charge on any atom is 0.0524 e. The fourth-order valence-corrected chi connectivity index (χ4v) is 1.67. The van der Waals surface area contributed by atoms with Crippen LogP contribution in [0, 0.1) is 0 Å². The molecule has 0 aliphatic carbocycles. The van der Waals surface area contributed by atoms with Crippen LogP contribution in [0.4, 0.5) is 0 Å². The highest BCUT2D eigenvalue weighted by Crippen LogP contribution is 2.13. The van der Waals surface area contributed by atoms with E-state index in [4.69, 9.17) is 5.11 Å². The summed E-state index contributed by atoms with van der Waals surface area (Å²) in [5.74, 6) is 0. The molecule has 90 valence electrons. The van der Waals surface area contributed by atoms with Crippen LogP contribution >= 0.6 is 0 Å². The SMILES string of the molecule is CCc1ccc(C(C)NCCC(C)O)cc1. The van der Waals surface area contributed by atoms with Gasteiger partial charge in [-0.1, -0.05) is 31.2 Å². The number of aliphatic hydroxyl groups excluding tert-OH is 1. The van der Waals surface area contributed by atoms with Crippen molar-refractivity contribution in [1.29, 1.82) is 0 Å². The number of nitrogens with one attached hydrogen (secondary N) is 1. The highest BCUT2D eigenvalue weighted by atomic mass is 16.3. The summed E-state index contributed by atoms with van der Waals surface area (Å²) >= 11 is 0. The molecule has 0 saturated heterocycles. The monoisotopic (exact) mass is 221 g/mol. The first-order valence-corrected chi connectivity index (χ1v) is 6.13. The molecule has 1 aromatic rings. The fourth-order valence-electron chi connectivity index (χ4n) is 1.67. The molecule has 2 heteroatoms. The van der Waals surface area contributed by atoms with E-state index in [1.165, 1.54) is 11.1 Å². The van der Waals surface area contributed by atoms with Gasteiger partial charge in [-0.3, -0.25) is 0 Å². The minimum Gasteiger partial charge on any atom is -0.393 e. The molecule has 0 bridgehead atoms. The molecule has 0 spiro atoms. The van der Waals surface area contributed by atoms with Gasteiger partial charge >= 0.3 is 0 Å². The summed E-state index contributed by atoms with van der Waals surface area (Å²) in [6, 6.07) is 9.08. The molecule has 1 aromatic carbocycles. The molecular weight excluding hydrogens is 198 g/mol. The Morgan fingerprint density at radius 3 is 2.31 bits per heavy atom. The van der Waals surface area contributed by atoms with Crippen molar-refractivity contribution in [2.24, 2.45) is 0 Å². The standard InChI is InChI=1S/C14H23NO/c1-4-13-5-7-14(8-6-13)12(3)15-10-9-11(2)16/h5-8,11-12,15-16H,4,9-10H2,1-3H3. The Balaban J connectivity index is 2.43. The lowest BCUT2D eigenvalue weighted by Crippen LogP contribution is -2.22. The predicted octanol–water partition coefficient (Wildman–Crippen LogP) is 2.67. The van der Waals surface area contributed by atoms with E-state index in [0.29, 0.717) is 6.04 Å². The van der Waals surface area contributed by atoms with Gasteiger partial charge in [0, 0.05) is 6.04 Å². The zero-order valence-electron chi connectivity index (χ0n) is 10.5. The average molecular weight is 221 g/mol. The van der Waals surface area contributed by atoms with Gasteiger partial charge in [-0.15, -0.1) is 0 Å². The number of aliphatic hydroxyl groups is 1. The Labute approximate surface area is 98.7 Å². The third-order valence-electron chi connectivity index (χ3n) is 2.90. The summed E-state index contributed by atoms with van der Waals surface area (Å²) in [5, 5.41) is 12.6. The van der Waals surface area contributed by atoms with Crippen LogP contribution in [0.5, 0.6) is 0 Å². The lowest BCUT2D eigenvalue weighted by molar-refractivity contribution is 0.182. The Morgan fingerprint density at radius 1 is 1.19 bits per heavy atom. The summed E-state index contributed by atoms with van der Waals surface area (Å²) in [6.07, 6.45) is 1.67. The Morgan fingerprint density at radius 2 is 1.81 bits per heavy atom. The molecule has 2 atom stereocenters. The summed E-state index contributed by atoms with van der Waals surface area (Å²) in [7, 11) is 0. The van der Waals surface area contributed by atoms with E-state index in [0.717, 1.165) is 19.4 Å². The number of aryl methyl sites for hydroxylation is 1. The van der Waals surface area contributed by atoms with Crippen LogP contribution in [0.25, 0.3) is 0 Å². The van der Waals surface area contributed by atoms with Gasteiger partial charge in [0.2, 0.25) is 0 Å². The number of hydrogen-bond acceptors (Lipinski definition) is 2. The highest BCUT2D eigenvalue weighted by Gasteiger charge is 2.04. The molecule has 0 heterocycles. The summed E-state index contributed by atoms with van der Waals surface area (Å²) in [5.41, 5.74) is 2.68. The lowest BCUT2D eigenvalue weighted by atomic mass is 10.0. The van der Waals surface area contributed by atoms with E-state index < -0.39 is 0 Å². The molecule has 1 rings (SSSR count). The molecule has 0 saturated carbocycles. The van der Waals surface area contributed by atoms with Crippen LogP contribution in [-0.4, -0.2) is 17.8 Å². The first kappa shape index (κ1) is 13.2. The topological polar surface area (TPSA) is 32.3 Å². The molecule has 0 amide bonds. The second kappa shape index (κ2) is 6.66. The molecule has 0 aliphatic heterocycles. The van der Waals surface area contributed by atoms with Crippen LogP contribution in [0.3, 0.4) is 0 Å². The fraction of sp³-hybridized carbons (Fsp3) is 0.571. The van der Waals surface area contributed by atoms with E-state index in [1.54, 1.807) is 0 Å². The van der Waals surface area contributed by atoms with Gasteiger partial charge in [-0.25, -0.2) is 0 Å². The molecule has 2 unspecified atom stereocenters. The molecule has 16 heavy (non-hydrogen) atoms. The van der Waals surface area contributed by atoms with Gasteiger partial charge in [0.1, 0.15) is 0 Å². The first-order valence-electron chi connectivity index (χ1n) is 6.13. The number of benzene rings is 1. The summed E-state index contributed by atoms with van der Waals surface area (Å²) in [6.45, 7) is 7.00. The van der Waals surface area contributed by atoms with E-state index in [-0.39, 0.29) is 6.10 Å². The molecule has 0 fully saturated rings. The molecular formula is C14H23NO. The molecule has 2 N–H and O–H groups in total. The molecule has 2 nitrogen and oxygen atoms in total. The van der Waals surface area contributed by atoms with Crippen molar-refractivity contribution in [2.75, 3.05) is 6.54 Å². The minimum atomic E-state index is -0.220. The van der Waals surface area contributed by atoms with Gasteiger partial charge in [0.15, 0.2) is 0 Å². The van der Waals surface area contributed by atoms with E-state index in [1.807, 2.05) is 6.92 Å². The quantitative estimate of drug-likeness (QED) is 0.774. The van der Waals surface area contributed by atoms with Gasteiger partial charge in [-0.2, -0.15) is 0 Å². The van der Waals surface area contributed by atoms with Crippen LogP contribution in [-0.2, 0) is 6.42 Å². The van der Waals surface area contributed by atoms with Crippen molar-refractivity contribution >= 4 is 0 Å². The van der Waals surface area contributed by atoms with Crippen LogP contribution in [0.15, 0.2) is 24.3 Å². The average Bonchev–Trinajstić information content (AvgIpc) is 2.28. The number of hydrogen-bond donors (Lipinski definition) is 2. The van der Waals surface area contributed by atoms with Crippen molar-refractivity contribution in [3.63, 3.8) is 0 Å². The van der Waals surface area contributed by atoms with Crippen LogP contribution in [0.1, 0.15) is 44.4 Å². The van der Waals surface area contributed by atoms with Crippen molar-refractivity contribution in [3.05, 3.63) is 35.4 Å². The third kappa shape index (κ3) is 4.33. The van der Waals surface area contributed by atoms with Crippen LogP contribution in [0.2, 0.25) is 0 Å². The first-order chi connectivity index (χ1) is 7.63. The molecule has 0 radical (unpaired) electrons. The van der Waals surface area contributed by atoms with E-state index in [2.05, 4.69) is 43.4 Å². The van der Waals surface area contributed by atoms with Gasteiger partial charge in [0.05, 0.1) is 6.10 Å². The summed E-state index contributed by atoms with van der Waals surface area (Å²) < 4.78 is 0. The zero-order chi connectivity index (χ0) is 12.0. The number of rotatable bonds is 6. The van der Waals surface area contributed by atoms with Crippen molar-refractivity contribution in [2.45, 2.75) is 45.8 Å². The Hall–Kier alpha value is -0.860. The van der Waals surface area contributed by atoms with Crippen LogP contribution < -0.4 is 5.32 Å². The van der Waals surface area contributed by atoms with E-state index >= 15 is 0 Å². The molecule has 0 aromatic heterocycles. The maximum atomic E-state index is 9.16. The lowest BCUT2D eigenvalue weighted by Gasteiger charge is -2.15. The molecule has 0 aliphatic rings. The maximum absolute atomic E-state index is 9.16. The highest BCUT2D eigenvalue weighted by molar-refractivity contribution is 5.24. The third-order valence-corrected chi connectivity index (χ3v) is 2.90. The summed E-state index contributed by atoms with van der Waals surface area (Å²) in [4.78, 5) is 0. The second-order valence-corrected chi connectivity index (χ2v) is 4.41. The second-order valence-electron chi connectivity index (χ2n) is 4.41. The normalized spacial score (nSPS) is 14.8. The van der Waals surface area contributed by atoms with Crippen molar-refractivity contribution in [3.8, 4) is 0 Å². The minimum absolute atomic E-state index is 0.220. The van der Waals surface area contributed by atoms with Gasteiger partial charge in [0.25, 0.3) is 0 Å². The van der Waals surface area contributed by atoms with Gasteiger partial charge < -0.3 is 10.4 Å².